The first-order chi connectivity index (χ1) is 13.0. The zero-order valence-corrected chi connectivity index (χ0v) is 16.3. The van der Waals surface area contributed by atoms with E-state index in [2.05, 4.69) is 21.2 Å². The van der Waals surface area contributed by atoms with E-state index in [9.17, 15) is 9.59 Å². The lowest BCUT2D eigenvalue weighted by atomic mass is 10.1. The lowest BCUT2D eigenvalue weighted by Crippen LogP contribution is -2.16. The Morgan fingerprint density at radius 2 is 1.81 bits per heavy atom. The molecule has 0 aliphatic heterocycles. The molecule has 7 heteroatoms. The lowest BCUT2D eigenvalue weighted by Gasteiger charge is -2.10. The average molecular weight is 426 g/mol. The smallest absolute Gasteiger partial charge is 0.408 e. The number of anilines is 1. The fraction of sp³-hybridized carbons (Fsp3) is 0.100. The lowest BCUT2D eigenvalue weighted by molar-refractivity contribution is 0.101. The van der Waals surface area contributed by atoms with Gasteiger partial charge in [0.1, 0.15) is 5.69 Å². The van der Waals surface area contributed by atoms with Gasteiger partial charge in [0.2, 0.25) is 0 Å². The van der Waals surface area contributed by atoms with E-state index in [-0.39, 0.29) is 5.91 Å². The SMILES string of the molecule is Cn1c(C(=O)Nc2ccc3c(c2)oc(=O)n3C)ccc1-c1ccccc1Br. The van der Waals surface area contributed by atoms with Crippen molar-refractivity contribution in [2.24, 2.45) is 14.1 Å². The summed E-state index contributed by atoms with van der Waals surface area (Å²) in [6.07, 6.45) is 0. The van der Waals surface area contributed by atoms with Crippen molar-refractivity contribution in [2.45, 2.75) is 0 Å². The molecular formula is C20H16BrN3O3. The summed E-state index contributed by atoms with van der Waals surface area (Å²) in [6.45, 7) is 0. The summed E-state index contributed by atoms with van der Waals surface area (Å²) in [5, 5.41) is 2.86. The molecule has 2 aromatic carbocycles. The Labute approximate surface area is 163 Å². The molecule has 0 spiro atoms. The highest BCUT2D eigenvalue weighted by molar-refractivity contribution is 9.10. The summed E-state index contributed by atoms with van der Waals surface area (Å²) in [7, 11) is 3.49. The van der Waals surface area contributed by atoms with Crippen LogP contribution in [0.3, 0.4) is 0 Å². The number of nitrogens with one attached hydrogen (secondary N) is 1. The van der Waals surface area contributed by atoms with Gasteiger partial charge >= 0.3 is 5.76 Å². The number of aryl methyl sites for hydroxylation is 1. The Kier molecular flexibility index (Phi) is 4.24. The second-order valence-corrected chi connectivity index (χ2v) is 7.06. The number of hydrogen-bond acceptors (Lipinski definition) is 3. The van der Waals surface area contributed by atoms with Gasteiger partial charge in [-0.3, -0.25) is 9.36 Å². The van der Waals surface area contributed by atoms with E-state index in [4.69, 9.17) is 4.42 Å². The van der Waals surface area contributed by atoms with Crippen LogP contribution in [0, 0.1) is 0 Å². The number of nitrogens with zero attached hydrogens (tertiary/aromatic N) is 2. The van der Waals surface area contributed by atoms with Gasteiger partial charge in [0.15, 0.2) is 5.58 Å². The summed E-state index contributed by atoms with van der Waals surface area (Å²) in [6, 6.07) is 16.7. The monoisotopic (exact) mass is 425 g/mol. The molecule has 0 saturated heterocycles. The van der Waals surface area contributed by atoms with Crippen LogP contribution in [-0.4, -0.2) is 15.0 Å². The molecule has 0 aliphatic rings. The summed E-state index contributed by atoms with van der Waals surface area (Å²) in [4.78, 5) is 24.3. The number of hydrogen-bond donors (Lipinski definition) is 1. The number of halogens is 1. The molecule has 27 heavy (non-hydrogen) atoms. The van der Waals surface area contributed by atoms with Gasteiger partial charge in [-0.05, 0) is 30.3 Å². The molecule has 1 amide bonds. The van der Waals surface area contributed by atoms with E-state index in [0.29, 0.717) is 22.5 Å². The third-order valence-corrected chi connectivity index (χ3v) is 5.25. The predicted octanol–water partition coefficient (Wildman–Crippen LogP) is 4.15. The number of oxazole rings is 1. The van der Waals surface area contributed by atoms with Gasteiger partial charge in [0.05, 0.1) is 5.52 Å². The van der Waals surface area contributed by atoms with Crippen molar-refractivity contribution >= 4 is 38.6 Å². The van der Waals surface area contributed by atoms with Crippen LogP contribution in [0.25, 0.3) is 22.4 Å². The van der Waals surface area contributed by atoms with Crippen LogP contribution in [0.2, 0.25) is 0 Å². The summed E-state index contributed by atoms with van der Waals surface area (Å²) in [5.74, 6) is -0.678. The summed E-state index contributed by atoms with van der Waals surface area (Å²) >= 11 is 3.55. The Balaban J connectivity index is 1.64. The van der Waals surface area contributed by atoms with Crippen molar-refractivity contribution in [1.82, 2.24) is 9.13 Å². The van der Waals surface area contributed by atoms with E-state index < -0.39 is 5.76 Å². The normalized spacial score (nSPS) is 11.1. The first-order valence-corrected chi connectivity index (χ1v) is 9.06. The van der Waals surface area contributed by atoms with Crippen LogP contribution in [0.1, 0.15) is 10.5 Å². The van der Waals surface area contributed by atoms with Crippen molar-refractivity contribution < 1.29 is 9.21 Å². The maximum absolute atomic E-state index is 12.7. The van der Waals surface area contributed by atoms with Gasteiger partial charge in [0.25, 0.3) is 5.91 Å². The highest BCUT2D eigenvalue weighted by atomic mass is 79.9. The van der Waals surface area contributed by atoms with Crippen LogP contribution < -0.4 is 11.1 Å². The number of carbonyl (C=O) groups is 1. The molecular weight excluding hydrogens is 410 g/mol. The minimum atomic E-state index is -0.436. The van der Waals surface area contributed by atoms with Crippen LogP contribution in [0.15, 0.2) is 68.3 Å². The Hall–Kier alpha value is -3.06. The largest absolute Gasteiger partial charge is 0.419 e. The molecule has 2 heterocycles. The Bertz CT molecular complexity index is 1230. The number of benzene rings is 2. The van der Waals surface area contributed by atoms with Crippen LogP contribution in [-0.2, 0) is 14.1 Å². The van der Waals surface area contributed by atoms with Gasteiger partial charge in [-0.1, -0.05) is 34.1 Å². The molecule has 6 nitrogen and oxygen atoms in total. The van der Waals surface area contributed by atoms with Crippen molar-refractivity contribution in [3.63, 3.8) is 0 Å². The molecule has 2 aromatic heterocycles. The third-order valence-electron chi connectivity index (χ3n) is 4.55. The molecule has 0 radical (unpaired) electrons. The van der Waals surface area contributed by atoms with E-state index in [1.54, 1.807) is 31.3 Å². The molecule has 0 aliphatic carbocycles. The minimum Gasteiger partial charge on any atom is -0.408 e. The zero-order valence-electron chi connectivity index (χ0n) is 14.7. The predicted molar refractivity (Wildman–Crippen MR) is 108 cm³/mol. The molecule has 0 atom stereocenters. The Morgan fingerprint density at radius 1 is 1.04 bits per heavy atom. The summed E-state index contributed by atoms with van der Waals surface area (Å²) < 4.78 is 9.39. The van der Waals surface area contributed by atoms with Crippen LogP contribution in [0.4, 0.5) is 5.69 Å². The van der Waals surface area contributed by atoms with E-state index >= 15 is 0 Å². The summed E-state index contributed by atoms with van der Waals surface area (Å²) in [5.41, 5.74) is 4.12. The van der Waals surface area contributed by atoms with Crippen molar-refractivity contribution in [2.75, 3.05) is 5.32 Å². The second kappa shape index (κ2) is 6.59. The molecule has 0 unspecified atom stereocenters. The van der Waals surface area contributed by atoms with E-state index in [1.807, 2.05) is 41.9 Å². The minimum absolute atomic E-state index is 0.242. The van der Waals surface area contributed by atoms with Crippen molar-refractivity contribution in [1.29, 1.82) is 0 Å². The first kappa shape index (κ1) is 17.4. The molecule has 0 fully saturated rings. The molecule has 0 bridgehead atoms. The molecule has 136 valence electrons. The third kappa shape index (κ3) is 3.00. The second-order valence-electron chi connectivity index (χ2n) is 6.21. The van der Waals surface area contributed by atoms with Crippen molar-refractivity contribution in [3.05, 3.63) is 75.3 Å². The quantitative estimate of drug-likeness (QED) is 0.535. The highest BCUT2D eigenvalue weighted by Gasteiger charge is 2.16. The van der Waals surface area contributed by atoms with E-state index in [0.717, 1.165) is 15.7 Å². The van der Waals surface area contributed by atoms with Gasteiger partial charge < -0.3 is 14.3 Å². The van der Waals surface area contributed by atoms with Crippen LogP contribution in [0.5, 0.6) is 0 Å². The van der Waals surface area contributed by atoms with Crippen molar-refractivity contribution in [3.8, 4) is 11.3 Å². The maximum Gasteiger partial charge on any atom is 0.419 e. The Morgan fingerprint density at radius 3 is 2.59 bits per heavy atom. The number of carbonyl (C=O) groups excluding carboxylic acids is 1. The topological polar surface area (TPSA) is 69.2 Å². The number of fused-ring (bicyclic) bond motifs is 1. The fourth-order valence-electron chi connectivity index (χ4n) is 3.09. The van der Waals surface area contributed by atoms with Gasteiger partial charge in [-0.15, -0.1) is 0 Å². The van der Waals surface area contributed by atoms with E-state index in [1.165, 1.54) is 4.57 Å². The maximum atomic E-state index is 12.7. The first-order valence-electron chi connectivity index (χ1n) is 8.27. The van der Waals surface area contributed by atoms with Crippen LogP contribution >= 0.6 is 15.9 Å². The number of rotatable bonds is 3. The molecule has 4 aromatic rings. The standard InChI is InChI=1S/C20H16BrN3O3/c1-23-15(13-5-3-4-6-14(13)21)9-10-17(23)19(25)22-12-7-8-16-18(11-12)27-20(26)24(16)2/h3-11H,1-2H3,(H,22,25). The number of aromatic nitrogens is 2. The molecule has 0 saturated carbocycles. The van der Waals surface area contributed by atoms with Gasteiger partial charge in [-0.2, -0.15) is 0 Å². The molecule has 4 rings (SSSR count). The highest BCUT2D eigenvalue weighted by Crippen LogP contribution is 2.29. The average Bonchev–Trinajstić information content (AvgIpc) is 3.15. The number of amides is 1. The fourth-order valence-corrected chi connectivity index (χ4v) is 3.57. The zero-order chi connectivity index (χ0) is 19.1. The van der Waals surface area contributed by atoms with Gasteiger partial charge in [0, 0.05) is 41.6 Å². The van der Waals surface area contributed by atoms with Gasteiger partial charge in [-0.25, -0.2) is 4.79 Å². The molecule has 1 N–H and O–H groups in total.